The molecular weight excluding hydrogens is 566 g/mol. The molecule has 0 bridgehead atoms. The summed E-state index contributed by atoms with van der Waals surface area (Å²) in [6.45, 7) is 2.34. The number of benzene rings is 2. The summed E-state index contributed by atoms with van der Waals surface area (Å²) in [5.41, 5.74) is 13.2. The molecule has 1 aliphatic rings. The molecule has 0 spiro atoms. The molecule has 4 amide bonds. The highest BCUT2D eigenvalue weighted by Gasteiger charge is 2.33. The number of likely N-dealkylation sites (N-methyl/N-ethyl adjacent to an activating group) is 1. The van der Waals surface area contributed by atoms with E-state index in [2.05, 4.69) is 20.8 Å². The minimum absolute atomic E-state index is 0.0430. The highest BCUT2D eigenvalue weighted by atomic mass is 16.5. The molecule has 0 radical (unpaired) electrons. The van der Waals surface area contributed by atoms with Crippen molar-refractivity contribution in [2.45, 2.75) is 64.5 Å². The average Bonchev–Trinajstić information content (AvgIpc) is 3.01. The SMILES string of the molecule is C/C(N)=N/N=C(\N)c1ccc(CNC(=O)CCCCCCOc2cccc(C(=O)N(C)C3CCC(=O)NC3=O)c2C=O)cc1. The first kappa shape index (κ1) is 33.4. The van der Waals surface area contributed by atoms with Crippen LogP contribution in [0.2, 0.25) is 0 Å². The van der Waals surface area contributed by atoms with Crippen LogP contribution in [0.4, 0.5) is 0 Å². The van der Waals surface area contributed by atoms with Gasteiger partial charge in [0.15, 0.2) is 12.1 Å². The standard InChI is InChI=1S/C31H39N7O6/c1-20(32)36-37-29(33)22-13-11-21(12-14-22)18-34-27(40)10-5-3-4-6-17-44-26-9-7-8-23(24(26)19-39)31(43)38(2)25-15-16-28(41)35-30(25)42/h7-9,11-14,19,25H,3-6,10,15-18H2,1-2H3,(H2,32,36)(H2,33,37)(H,34,40)(H,35,41,42). The zero-order chi connectivity index (χ0) is 32.1. The minimum atomic E-state index is -0.801. The van der Waals surface area contributed by atoms with E-state index in [1.165, 1.54) is 18.0 Å². The molecule has 13 heteroatoms. The molecule has 1 aliphatic heterocycles. The molecule has 44 heavy (non-hydrogen) atoms. The van der Waals surface area contributed by atoms with E-state index in [-0.39, 0.29) is 47.4 Å². The van der Waals surface area contributed by atoms with E-state index < -0.39 is 17.9 Å². The lowest BCUT2D eigenvalue weighted by Crippen LogP contribution is -2.53. The Balaban J connectivity index is 1.37. The van der Waals surface area contributed by atoms with Gasteiger partial charge in [-0.05, 0) is 43.9 Å². The number of nitrogens with zero attached hydrogens (tertiary/aromatic N) is 3. The third kappa shape index (κ3) is 9.75. The number of hydrogen-bond acceptors (Lipinski definition) is 8. The van der Waals surface area contributed by atoms with Crippen LogP contribution < -0.4 is 26.8 Å². The second-order valence-electron chi connectivity index (χ2n) is 10.4. The summed E-state index contributed by atoms with van der Waals surface area (Å²) in [5, 5.41) is 12.7. The van der Waals surface area contributed by atoms with Gasteiger partial charge in [-0.2, -0.15) is 0 Å². The number of hydrogen-bond donors (Lipinski definition) is 4. The second-order valence-corrected chi connectivity index (χ2v) is 10.4. The number of nitrogens with two attached hydrogens (primary N) is 2. The topological polar surface area (TPSA) is 199 Å². The Morgan fingerprint density at radius 3 is 2.48 bits per heavy atom. The van der Waals surface area contributed by atoms with Crippen molar-refractivity contribution in [1.82, 2.24) is 15.5 Å². The lowest BCUT2D eigenvalue weighted by atomic mass is 10.0. The van der Waals surface area contributed by atoms with Gasteiger partial charge in [0, 0.05) is 32.0 Å². The molecule has 0 saturated carbocycles. The van der Waals surface area contributed by atoms with Crippen molar-refractivity contribution in [2.24, 2.45) is 21.7 Å². The van der Waals surface area contributed by atoms with Crippen LogP contribution in [0.25, 0.3) is 0 Å². The van der Waals surface area contributed by atoms with Gasteiger partial charge in [0.1, 0.15) is 17.6 Å². The summed E-state index contributed by atoms with van der Waals surface area (Å²) in [6.07, 6.45) is 4.37. The smallest absolute Gasteiger partial charge is 0.255 e. The van der Waals surface area contributed by atoms with Crippen molar-refractivity contribution in [3.05, 3.63) is 64.7 Å². The lowest BCUT2D eigenvalue weighted by Gasteiger charge is -2.30. The molecule has 0 aliphatic carbocycles. The Labute approximate surface area is 256 Å². The van der Waals surface area contributed by atoms with Gasteiger partial charge in [-0.15, -0.1) is 10.2 Å². The minimum Gasteiger partial charge on any atom is -0.493 e. The van der Waals surface area contributed by atoms with Crippen molar-refractivity contribution in [2.75, 3.05) is 13.7 Å². The first-order chi connectivity index (χ1) is 21.1. The van der Waals surface area contributed by atoms with Crippen molar-refractivity contribution < 1.29 is 28.7 Å². The largest absolute Gasteiger partial charge is 0.493 e. The number of rotatable bonds is 15. The quantitative estimate of drug-likeness (QED) is 0.0590. The summed E-state index contributed by atoms with van der Waals surface area (Å²) in [7, 11) is 1.47. The van der Waals surface area contributed by atoms with Crippen LogP contribution >= 0.6 is 0 Å². The predicted octanol–water partition coefficient (Wildman–Crippen LogP) is 2.02. The van der Waals surface area contributed by atoms with Gasteiger partial charge in [0.05, 0.1) is 17.7 Å². The fourth-order valence-electron chi connectivity index (χ4n) is 4.56. The molecule has 1 unspecified atom stereocenters. The molecule has 234 valence electrons. The normalized spacial score (nSPS) is 15.4. The second kappa shape index (κ2) is 16.5. The molecule has 13 nitrogen and oxygen atoms in total. The van der Waals surface area contributed by atoms with Crippen LogP contribution in [0.5, 0.6) is 5.75 Å². The van der Waals surface area contributed by atoms with Crippen molar-refractivity contribution in [3.63, 3.8) is 0 Å². The molecule has 6 N–H and O–H groups in total. The number of amides is 4. The number of piperidine rings is 1. The maximum absolute atomic E-state index is 13.1. The number of unbranched alkanes of at least 4 members (excludes halogenated alkanes) is 3. The summed E-state index contributed by atoms with van der Waals surface area (Å²) in [5.74, 6) is -0.627. The molecular formula is C31H39N7O6. The van der Waals surface area contributed by atoms with E-state index in [9.17, 15) is 24.0 Å². The van der Waals surface area contributed by atoms with E-state index in [0.29, 0.717) is 43.7 Å². The van der Waals surface area contributed by atoms with Crippen LogP contribution in [0.3, 0.4) is 0 Å². The molecule has 0 aromatic heterocycles. The Morgan fingerprint density at radius 2 is 1.80 bits per heavy atom. The van der Waals surface area contributed by atoms with Crippen LogP contribution in [0, 0.1) is 0 Å². The van der Waals surface area contributed by atoms with Crippen LogP contribution in [-0.4, -0.2) is 66.2 Å². The van der Waals surface area contributed by atoms with Crippen LogP contribution in [0.15, 0.2) is 52.7 Å². The number of imide groups is 1. The maximum Gasteiger partial charge on any atom is 0.255 e. The molecule has 1 fully saturated rings. The van der Waals surface area contributed by atoms with Gasteiger partial charge in [0.2, 0.25) is 17.7 Å². The number of carbonyl (C=O) groups excluding carboxylic acids is 5. The van der Waals surface area contributed by atoms with Gasteiger partial charge in [0.25, 0.3) is 5.91 Å². The Morgan fingerprint density at radius 1 is 1.07 bits per heavy atom. The Bertz CT molecular complexity index is 1420. The summed E-state index contributed by atoms with van der Waals surface area (Å²) >= 11 is 0. The van der Waals surface area contributed by atoms with Crippen LogP contribution in [0.1, 0.15) is 83.7 Å². The maximum atomic E-state index is 13.1. The van der Waals surface area contributed by atoms with Gasteiger partial charge in [-0.3, -0.25) is 29.3 Å². The number of nitrogens with one attached hydrogen (secondary N) is 2. The van der Waals surface area contributed by atoms with Gasteiger partial charge in [-0.1, -0.05) is 43.2 Å². The number of aldehydes is 1. The molecule has 3 rings (SSSR count). The lowest BCUT2D eigenvalue weighted by molar-refractivity contribution is -0.136. The fraction of sp³-hybridized carbons (Fsp3) is 0.387. The van der Waals surface area contributed by atoms with E-state index in [4.69, 9.17) is 16.2 Å². The average molecular weight is 606 g/mol. The Kier molecular flexibility index (Phi) is 12.6. The molecule has 1 saturated heterocycles. The molecule has 2 aromatic rings. The number of carbonyl (C=O) groups is 5. The third-order valence-electron chi connectivity index (χ3n) is 7.02. The zero-order valence-electron chi connectivity index (χ0n) is 25.0. The van der Waals surface area contributed by atoms with Crippen molar-refractivity contribution in [3.8, 4) is 5.75 Å². The van der Waals surface area contributed by atoms with Crippen molar-refractivity contribution in [1.29, 1.82) is 0 Å². The number of amidine groups is 2. The summed E-state index contributed by atoms with van der Waals surface area (Å²) < 4.78 is 5.81. The Hall–Kier alpha value is -5.07. The van der Waals surface area contributed by atoms with Gasteiger partial charge in [-0.25, -0.2) is 0 Å². The highest BCUT2D eigenvalue weighted by Crippen LogP contribution is 2.24. The third-order valence-corrected chi connectivity index (χ3v) is 7.02. The number of ether oxygens (including phenoxy) is 1. The van der Waals surface area contributed by atoms with Crippen LogP contribution in [-0.2, 0) is 20.9 Å². The monoisotopic (exact) mass is 605 g/mol. The van der Waals surface area contributed by atoms with E-state index in [1.54, 1.807) is 31.2 Å². The predicted molar refractivity (Wildman–Crippen MR) is 165 cm³/mol. The van der Waals surface area contributed by atoms with E-state index >= 15 is 0 Å². The van der Waals surface area contributed by atoms with Gasteiger partial charge < -0.3 is 26.4 Å². The summed E-state index contributed by atoms with van der Waals surface area (Å²) in [6, 6.07) is 11.3. The summed E-state index contributed by atoms with van der Waals surface area (Å²) in [4.78, 5) is 62.1. The van der Waals surface area contributed by atoms with E-state index in [0.717, 1.165) is 24.8 Å². The first-order valence-corrected chi connectivity index (χ1v) is 14.4. The molecule has 1 atom stereocenters. The zero-order valence-corrected chi connectivity index (χ0v) is 25.0. The van der Waals surface area contributed by atoms with E-state index in [1.807, 2.05) is 12.1 Å². The first-order valence-electron chi connectivity index (χ1n) is 14.4. The van der Waals surface area contributed by atoms with Gasteiger partial charge >= 0.3 is 0 Å². The molecule has 1 heterocycles. The van der Waals surface area contributed by atoms with Crippen molar-refractivity contribution >= 4 is 41.6 Å². The fourth-order valence-corrected chi connectivity index (χ4v) is 4.56. The highest BCUT2D eigenvalue weighted by molar-refractivity contribution is 6.06. The molecule has 2 aromatic carbocycles.